The van der Waals surface area contributed by atoms with E-state index in [4.69, 9.17) is 5.11 Å². The van der Waals surface area contributed by atoms with Gasteiger partial charge in [0.25, 0.3) is 5.69 Å². The molecule has 1 rings (SSSR count). The topological polar surface area (TPSA) is 80.4 Å². The molecule has 5 nitrogen and oxygen atoms in total. The fourth-order valence-corrected chi connectivity index (χ4v) is 1.78. The van der Waals surface area contributed by atoms with E-state index in [1.165, 1.54) is 0 Å². The molecule has 0 fully saturated rings. The quantitative estimate of drug-likeness (QED) is 0.664. The van der Waals surface area contributed by atoms with Gasteiger partial charge >= 0.3 is 5.97 Å². The molecule has 1 aromatic rings. The van der Waals surface area contributed by atoms with Crippen LogP contribution < -0.4 is 0 Å². The fourth-order valence-electron chi connectivity index (χ4n) is 1.22. The average Bonchev–Trinajstić information content (AvgIpc) is 2.13. The van der Waals surface area contributed by atoms with Crippen molar-refractivity contribution in [1.82, 2.24) is 0 Å². The number of carbonyl (C=O) groups is 1. The van der Waals surface area contributed by atoms with Crippen molar-refractivity contribution >= 4 is 27.6 Å². The molecule has 0 aliphatic heterocycles. The second-order valence-corrected chi connectivity index (χ2v) is 3.86. The molecule has 1 N–H and O–H groups in total. The van der Waals surface area contributed by atoms with Gasteiger partial charge in [-0.3, -0.25) is 10.1 Å². The number of rotatable bonds is 2. The van der Waals surface area contributed by atoms with Crippen LogP contribution >= 0.6 is 15.9 Å². The first-order valence-corrected chi connectivity index (χ1v) is 4.83. The van der Waals surface area contributed by atoms with Crippen LogP contribution in [0.5, 0.6) is 0 Å². The van der Waals surface area contributed by atoms with Crippen LogP contribution in [0.1, 0.15) is 21.5 Å². The molecule has 0 saturated heterocycles. The highest BCUT2D eigenvalue weighted by Crippen LogP contribution is 2.32. The largest absolute Gasteiger partial charge is 0.478 e. The van der Waals surface area contributed by atoms with Crippen molar-refractivity contribution in [2.75, 3.05) is 0 Å². The minimum absolute atomic E-state index is 0.0394. The molecule has 0 bridgehead atoms. The molecule has 0 unspecified atom stereocenters. The normalized spacial score (nSPS) is 10.1. The van der Waals surface area contributed by atoms with E-state index < -0.39 is 10.9 Å². The number of hydrogen-bond acceptors (Lipinski definition) is 3. The molecular weight excluding hydrogens is 266 g/mol. The lowest BCUT2D eigenvalue weighted by atomic mass is 10.0. The lowest BCUT2D eigenvalue weighted by Crippen LogP contribution is -2.04. The first kappa shape index (κ1) is 11.6. The zero-order chi connectivity index (χ0) is 11.7. The Balaban J connectivity index is 3.59. The van der Waals surface area contributed by atoms with Gasteiger partial charge in [0.2, 0.25) is 0 Å². The lowest BCUT2D eigenvalue weighted by molar-refractivity contribution is -0.385. The number of nitrogens with zero attached hydrogens (tertiary/aromatic N) is 1. The van der Waals surface area contributed by atoms with Crippen LogP contribution in [-0.2, 0) is 0 Å². The molecule has 0 amide bonds. The SMILES string of the molecule is Cc1c(C(=O)O)cc([N+](=O)[O-])c(Br)c1C. The van der Waals surface area contributed by atoms with E-state index in [-0.39, 0.29) is 11.3 Å². The van der Waals surface area contributed by atoms with Crippen molar-refractivity contribution in [2.45, 2.75) is 13.8 Å². The van der Waals surface area contributed by atoms with Crippen molar-refractivity contribution in [3.63, 3.8) is 0 Å². The van der Waals surface area contributed by atoms with Crippen LogP contribution in [-0.4, -0.2) is 16.0 Å². The monoisotopic (exact) mass is 273 g/mol. The van der Waals surface area contributed by atoms with Gasteiger partial charge < -0.3 is 5.11 Å². The summed E-state index contributed by atoms with van der Waals surface area (Å²) in [5.74, 6) is -1.16. The summed E-state index contributed by atoms with van der Waals surface area (Å²) in [5.41, 5.74) is 0.833. The Bertz CT molecular complexity index is 418. The Hall–Kier alpha value is -1.43. The molecule has 0 spiro atoms. The Morgan fingerprint density at radius 2 is 2.00 bits per heavy atom. The van der Waals surface area contributed by atoms with Crippen LogP contribution in [0.2, 0.25) is 0 Å². The van der Waals surface area contributed by atoms with Crippen LogP contribution in [0.3, 0.4) is 0 Å². The van der Waals surface area contributed by atoms with Crippen molar-refractivity contribution in [3.8, 4) is 0 Å². The molecule has 0 atom stereocenters. The van der Waals surface area contributed by atoms with Gasteiger partial charge in [0.15, 0.2) is 0 Å². The third-order valence-electron chi connectivity index (χ3n) is 2.23. The van der Waals surface area contributed by atoms with Crippen molar-refractivity contribution in [1.29, 1.82) is 0 Å². The Morgan fingerprint density at radius 3 is 2.40 bits per heavy atom. The summed E-state index contributed by atoms with van der Waals surface area (Å²) >= 11 is 3.08. The third kappa shape index (κ3) is 1.99. The van der Waals surface area contributed by atoms with Gasteiger partial charge in [-0.25, -0.2) is 4.79 Å². The average molecular weight is 274 g/mol. The fraction of sp³-hybridized carbons (Fsp3) is 0.222. The summed E-state index contributed by atoms with van der Waals surface area (Å²) in [6.45, 7) is 3.26. The van der Waals surface area contributed by atoms with E-state index in [0.717, 1.165) is 6.07 Å². The molecule has 1 aromatic carbocycles. The van der Waals surface area contributed by atoms with E-state index in [1.807, 2.05) is 0 Å². The number of nitro groups is 1. The molecule has 80 valence electrons. The lowest BCUT2D eigenvalue weighted by Gasteiger charge is -2.07. The number of halogens is 1. The maximum atomic E-state index is 10.8. The molecule has 15 heavy (non-hydrogen) atoms. The van der Waals surface area contributed by atoms with Gasteiger partial charge in [0.05, 0.1) is 15.0 Å². The predicted molar refractivity (Wildman–Crippen MR) is 57.2 cm³/mol. The molecule has 0 heterocycles. The highest BCUT2D eigenvalue weighted by atomic mass is 79.9. The summed E-state index contributed by atoms with van der Waals surface area (Å²) in [6, 6.07) is 1.06. The standard InChI is InChI=1S/C9H8BrNO4/c1-4-5(2)8(10)7(11(14)15)3-6(4)9(12)13/h3H,1-2H3,(H,12,13). The van der Waals surface area contributed by atoms with E-state index in [1.54, 1.807) is 13.8 Å². The van der Waals surface area contributed by atoms with Crippen LogP contribution in [0.4, 0.5) is 5.69 Å². The molecule has 0 aromatic heterocycles. The third-order valence-corrected chi connectivity index (χ3v) is 3.23. The summed E-state index contributed by atoms with van der Waals surface area (Å²) in [5, 5.41) is 19.5. The second kappa shape index (κ2) is 3.98. The summed E-state index contributed by atoms with van der Waals surface area (Å²) < 4.78 is 0.329. The van der Waals surface area contributed by atoms with E-state index >= 15 is 0 Å². The second-order valence-electron chi connectivity index (χ2n) is 3.07. The van der Waals surface area contributed by atoms with E-state index in [2.05, 4.69) is 15.9 Å². The summed E-state index contributed by atoms with van der Waals surface area (Å²) in [4.78, 5) is 20.9. The highest BCUT2D eigenvalue weighted by molar-refractivity contribution is 9.10. The Morgan fingerprint density at radius 1 is 1.47 bits per heavy atom. The highest BCUT2D eigenvalue weighted by Gasteiger charge is 2.21. The van der Waals surface area contributed by atoms with Crippen LogP contribution in [0.15, 0.2) is 10.5 Å². The Labute approximate surface area is 94.0 Å². The minimum Gasteiger partial charge on any atom is -0.478 e. The van der Waals surface area contributed by atoms with E-state index in [9.17, 15) is 14.9 Å². The number of hydrogen-bond donors (Lipinski definition) is 1. The maximum absolute atomic E-state index is 10.8. The number of benzene rings is 1. The zero-order valence-electron chi connectivity index (χ0n) is 8.07. The zero-order valence-corrected chi connectivity index (χ0v) is 9.66. The summed E-state index contributed by atoms with van der Waals surface area (Å²) in [6.07, 6.45) is 0. The maximum Gasteiger partial charge on any atom is 0.336 e. The number of carboxylic acids is 1. The number of carboxylic acid groups (broad SMARTS) is 1. The molecule has 0 radical (unpaired) electrons. The molecular formula is C9H8BrNO4. The van der Waals surface area contributed by atoms with Gasteiger partial charge in [-0.05, 0) is 40.9 Å². The van der Waals surface area contributed by atoms with Gasteiger partial charge in [0.1, 0.15) is 0 Å². The van der Waals surface area contributed by atoms with E-state index in [0.29, 0.717) is 15.6 Å². The molecule has 0 saturated carbocycles. The van der Waals surface area contributed by atoms with Crippen molar-refractivity contribution in [3.05, 3.63) is 37.3 Å². The number of aromatic carboxylic acids is 1. The molecule has 6 heteroatoms. The first-order chi connectivity index (χ1) is 6.86. The van der Waals surface area contributed by atoms with Crippen molar-refractivity contribution in [2.24, 2.45) is 0 Å². The van der Waals surface area contributed by atoms with Gasteiger partial charge in [-0.2, -0.15) is 0 Å². The van der Waals surface area contributed by atoms with Gasteiger partial charge in [-0.15, -0.1) is 0 Å². The van der Waals surface area contributed by atoms with Gasteiger partial charge in [0, 0.05) is 6.07 Å². The molecule has 0 aliphatic rings. The van der Waals surface area contributed by atoms with Crippen molar-refractivity contribution < 1.29 is 14.8 Å². The predicted octanol–water partition coefficient (Wildman–Crippen LogP) is 2.67. The van der Waals surface area contributed by atoms with Crippen LogP contribution in [0.25, 0.3) is 0 Å². The summed E-state index contributed by atoms with van der Waals surface area (Å²) in [7, 11) is 0. The smallest absolute Gasteiger partial charge is 0.336 e. The molecule has 0 aliphatic carbocycles. The Kier molecular flexibility index (Phi) is 3.09. The first-order valence-electron chi connectivity index (χ1n) is 4.03. The van der Waals surface area contributed by atoms with Crippen LogP contribution in [0, 0.1) is 24.0 Å². The van der Waals surface area contributed by atoms with Gasteiger partial charge in [-0.1, -0.05) is 0 Å². The minimum atomic E-state index is -1.16. The number of nitro benzene ring substituents is 1.